The molecule has 1 aromatic rings. The summed E-state index contributed by atoms with van der Waals surface area (Å²) < 4.78 is 17.0. The van der Waals surface area contributed by atoms with Crippen molar-refractivity contribution in [3.8, 4) is 11.5 Å². The molecule has 2 aliphatic rings. The zero-order chi connectivity index (χ0) is 15.9. The van der Waals surface area contributed by atoms with Crippen LogP contribution in [-0.2, 0) is 4.74 Å². The fraction of sp³-hybridized carbons (Fsp3) is 0.588. The molecule has 1 heterocycles. The molecule has 0 bridgehead atoms. The summed E-state index contributed by atoms with van der Waals surface area (Å²) in [6.07, 6.45) is 6.22. The molecule has 1 aromatic carbocycles. The Balaban J connectivity index is 0.00000208. The minimum Gasteiger partial charge on any atom is -0.490 e. The number of halogens is 1. The van der Waals surface area contributed by atoms with Crippen molar-refractivity contribution in [3.63, 3.8) is 0 Å². The normalized spacial score (nSPS) is 17.9. The lowest BCUT2D eigenvalue weighted by atomic mass is 10.3. The van der Waals surface area contributed by atoms with E-state index >= 15 is 0 Å². The minimum absolute atomic E-state index is 0. The molecule has 0 radical (unpaired) electrons. The van der Waals surface area contributed by atoms with E-state index in [-0.39, 0.29) is 24.0 Å². The van der Waals surface area contributed by atoms with Crippen molar-refractivity contribution in [1.82, 2.24) is 0 Å². The van der Waals surface area contributed by atoms with E-state index in [0.717, 1.165) is 23.6 Å². The first-order chi connectivity index (χ1) is 11.3. The zero-order valence-corrected chi connectivity index (χ0v) is 16.2. The third kappa shape index (κ3) is 5.70. The van der Waals surface area contributed by atoms with Gasteiger partial charge in [0.1, 0.15) is 0 Å². The lowest BCUT2D eigenvalue weighted by Gasteiger charge is -2.11. The van der Waals surface area contributed by atoms with Crippen LogP contribution in [0, 0.1) is 0 Å². The molecule has 0 unspecified atom stereocenters. The molecule has 0 saturated heterocycles. The Labute approximate surface area is 160 Å². The van der Waals surface area contributed by atoms with Crippen LogP contribution in [0.5, 0.6) is 11.5 Å². The highest BCUT2D eigenvalue weighted by molar-refractivity contribution is 14.0. The molecular weight excluding hydrogens is 421 g/mol. The van der Waals surface area contributed by atoms with E-state index in [4.69, 9.17) is 19.9 Å². The van der Waals surface area contributed by atoms with Gasteiger partial charge < -0.3 is 25.3 Å². The Morgan fingerprint density at radius 3 is 2.71 bits per heavy atom. The van der Waals surface area contributed by atoms with Crippen molar-refractivity contribution in [2.24, 2.45) is 10.7 Å². The van der Waals surface area contributed by atoms with E-state index in [0.29, 0.717) is 38.4 Å². The second-order valence-electron chi connectivity index (χ2n) is 5.88. The number of hydrogen-bond donors (Lipinski definition) is 2. The predicted octanol–water partition coefficient (Wildman–Crippen LogP) is 3.15. The van der Waals surface area contributed by atoms with Gasteiger partial charge in [0, 0.05) is 18.2 Å². The highest BCUT2D eigenvalue weighted by atomic mass is 127. The van der Waals surface area contributed by atoms with Crippen molar-refractivity contribution in [1.29, 1.82) is 0 Å². The fourth-order valence-corrected chi connectivity index (χ4v) is 2.87. The number of guanidine groups is 1. The second kappa shape index (κ2) is 9.93. The number of aliphatic imine (C=N–C) groups is 1. The molecule has 1 aliphatic carbocycles. The van der Waals surface area contributed by atoms with Crippen molar-refractivity contribution >= 4 is 35.6 Å². The van der Waals surface area contributed by atoms with Crippen LogP contribution >= 0.6 is 24.0 Å². The first kappa shape index (κ1) is 19.1. The quantitative estimate of drug-likeness (QED) is 0.314. The number of rotatable bonds is 5. The van der Waals surface area contributed by atoms with Crippen LogP contribution in [0.3, 0.4) is 0 Å². The third-order valence-electron chi connectivity index (χ3n) is 4.05. The molecule has 0 spiro atoms. The highest BCUT2D eigenvalue weighted by Gasteiger charge is 2.14. The summed E-state index contributed by atoms with van der Waals surface area (Å²) in [6.45, 7) is 2.54. The number of nitrogens with two attached hydrogens (primary N) is 1. The number of anilines is 1. The van der Waals surface area contributed by atoms with Gasteiger partial charge in [0.05, 0.1) is 32.5 Å². The van der Waals surface area contributed by atoms with Crippen molar-refractivity contribution < 1.29 is 14.2 Å². The molecule has 0 amide bonds. The maximum absolute atomic E-state index is 5.92. The number of fused-ring (bicyclic) bond motifs is 1. The fourth-order valence-electron chi connectivity index (χ4n) is 2.87. The topological polar surface area (TPSA) is 78.1 Å². The molecule has 0 atom stereocenters. The van der Waals surface area contributed by atoms with Crippen LogP contribution in [0.1, 0.15) is 32.1 Å². The summed E-state index contributed by atoms with van der Waals surface area (Å²) in [4.78, 5) is 4.30. The van der Waals surface area contributed by atoms with Gasteiger partial charge in [-0.2, -0.15) is 0 Å². The summed E-state index contributed by atoms with van der Waals surface area (Å²) in [5.74, 6) is 1.90. The van der Waals surface area contributed by atoms with Crippen LogP contribution in [-0.4, -0.2) is 38.4 Å². The monoisotopic (exact) mass is 447 g/mol. The molecular formula is C17H26IN3O3. The SMILES string of the molecule is I.NC(=NCCOC1CCCC1)Nc1ccc2c(c1)OCCCO2. The Morgan fingerprint density at radius 1 is 1.17 bits per heavy atom. The van der Waals surface area contributed by atoms with Crippen LogP contribution < -0.4 is 20.5 Å². The summed E-state index contributed by atoms with van der Waals surface area (Å²) in [5.41, 5.74) is 6.76. The molecule has 3 rings (SSSR count). The van der Waals surface area contributed by atoms with Gasteiger partial charge >= 0.3 is 0 Å². The highest BCUT2D eigenvalue weighted by Crippen LogP contribution is 2.32. The van der Waals surface area contributed by atoms with E-state index in [1.807, 2.05) is 18.2 Å². The molecule has 134 valence electrons. The summed E-state index contributed by atoms with van der Waals surface area (Å²) in [5, 5.41) is 3.08. The standard InChI is InChI=1S/C17H25N3O3.HI/c18-17(19-8-11-21-14-4-1-2-5-14)20-13-6-7-15-16(12-13)23-10-3-9-22-15;/h6-7,12,14H,1-5,8-11H2,(H3,18,19,20);1H. The molecule has 6 nitrogen and oxygen atoms in total. The number of benzene rings is 1. The van der Waals surface area contributed by atoms with Gasteiger partial charge in [0.15, 0.2) is 17.5 Å². The summed E-state index contributed by atoms with van der Waals surface area (Å²) in [7, 11) is 0. The maximum Gasteiger partial charge on any atom is 0.193 e. The molecule has 1 saturated carbocycles. The van der Waals surface area contributed by atoms with Crippen molar-refractivity contribution in [2.75, 3.05) is 31.7 Å². The summed E-state index contributed by atoms with van der Waals surface area (Å²) >= 11 is 0. The van der Waals surface area contributed by atoms with Gasteiger partial charge in [-0.15, -0.1) is 24.0 Å². The van der Waals surface area contributed by atoms with Gasteiger partial charge in [-0.25, -0.2) is 0 Å². The van der Waals surface area contributed by atoms with E-state index in [1.54, 1.807) is 0 Å². The van der Waals surface area contributed by atoms with Gasteiger partial charge in [-0.05, 0) is 25.0 Å². The smallest absolute Gasteiger partial charge is 0.193 e. The van der Waals surface area contributed by atoms with Crippen LogP contribution in [0.2, 0.25) is 0 Å². The molecule has 7 heteroatoms. The zero-order valence-electron chi connectivity index (χ0n) is 13.8. The van der Waals surface area contributed by atoms with E-state index in [1.165, 1.54) is 25.7 Å². The minimum atomic E-state index is 0. The first-order valence-electron chi connectivity index (χ1n) is 8.39. The largest absolute Gasteiger partial charge is 0.490 e. The molecule has 1 fully saturated rings. The van der Waals surface area contributed by atoms with E-state index < -0.39 is 0 Å². The average molecular weight is 447 g/mol. The van der Waals surface area contributed by atoms with Crippen LogP contribution in [0.4, 0.5) is 5.69 Å². The predicted molar refractivity (Wildman–Crippen MR) is 106 cm³/mol. The second-order valence-corrected chi connectivity index (χ2v) is 5.88. The maximum atomic E-state index is 5.92. The Morgan fingerprint density at radius 2 is 1.92 bits per heavy atom. The van der Waals surface area contributed by atoms with Crippen molar-refractivity contribution in [3.05, 3.63) is 18.2 Å². The Hall–Kier alpha value is -1.22. The van der Waals surface area contributed by atoms with Gasteiger partial charge in [0.2, 0.25) is 0 Å². The lowest BCUT2D eigenvalue weighted by Crippen LogP contribution is -2.23. The van der Waals surface area contributed by atoms with Gasteiger partial charge in [0.25, 0.3) is 0 Å². The molecule has 3 N–H and O–H groups in total. The van der Waals surface area contributed by atoms with Crippen LogP contribution in [0.25, 0.3) is 0 Å². The number of nitrogens with zero attached hydrogens (tertiary/aromatic N) is 1. The Kier molecular flexibility index (Phi) is 7.90. The third-order valence-corrected chi connectivity index (χ3v) is 4.05. The molecule has 1 aliphatic heterocycles. The molecule has 0 aromatic heterocycles. The number of nitrogens with one attached hydrogen (secondary N) is 1. The van der Waals surface area contributed by atoms with E-state index in [2.05, 4.69) is 10.3 Å². The van der Waals surface area contributed by atoms with Gasteiger partial charge in [-0.3, -0.25) is 4.99 Å². The average Bonchev–Trinajstić information content (AvgIpc) is 2.96. The number of hydrogen-bond acceptors (Lipinski definition) is 4. The lowest BCUT2D eigenvalue weighted by molar-refractivity contribution is 0.0643. The number of ether oxygens (including phenoxy) is 3. The molecule has 24 heavy (non-hydrogen) atoms. The first-order valence-corrected chi connectivity index (χ1v) is 8.39. The van der Waals surface area contributed by atoms with Crippen LogP contribution in [0.15, 0.2) is 23.2 Å². The van der Waals surface area contributed by atoms with E-state index in [9.17, 15) is 0 Å². The Bertz CT molecular complexity index is 548. The van der Waals surface area contributed by atoms with Gasteiger partial charge in [-0.1, -0.05) is 12.8 Å². The van der Waals surface area contributed by atoms with Crippen molar-refractivity contribution in [2.45, 2.75) is 38.2 Å². The summed E-state index contributed by atoms with van der Waals surface area (Å²) in [6, 6.07) is 5.68.